The number of carbonyl (C=O) groups is 4. The van der Waals surface area contributed by atoms with E-state index >= 15 is 0 Å². The van der Waals surface area contributed by atoms with Crippen LogP contribution in [0.2, 0.25) is 0 Å². The van der Waals surface area contributed by atoms with Gasteiger partial charge in [-0.25, -0.2) is 4.79 Å². The normalized spacial score (nSPS) is 24.4. The Bertz CT molecular complexity index is 1010. The first-order chi connectivity index (χ1) is 19.1. The summed E-state index contributed by atoms with van der Waals surface area (Å²) in [6, 6.07) is 0. The summed E-state index contributed by atoms with van der Waals surface area (Å²) in [5, 5.41) is 11.7. The number of esters is 4. The van der Waals surface area contributed by atoms with E-state index in [1.54, 1.807) is 13.8 Å². The number of ether oxygens (including phenoxy) is 5. The zero-order chi connectivity index (χ0) is 31.1. The molecule has 11 heteroatoms. The molecule has 0 aromatic carbocycles. The standard InChI is InChI=1S/C30H45ClO10/c1-16(2)9-23(32)39-22-12-21-20(13-37-28(35)27(19(7)8)40-24(33)10-17(3)4)14-38-29(26(21)30(22,36)15-31)41-25(34)11-18(5)6/h12,14,16-19,22,26-27,29,36H,9-11,13,15H2,1-8H3/t22-,26+,27+,29-,30+/m0/s1. The van der Waals surface area contributed by atoms with Crippen LogP contribution in [0.1, 0.15) is 74.7 Å². The van der Waals surface area contributed by atoms with Crippen LogP contribution in [0.5, 0.6) is 0 Å². The Labute approximate surface area is 247 Å². The number of alkyl halides is 1. The van der Waals surface area contributed by atoms with Crippen molar-refractivity contribution in [2.75, 3.05) is 12.5 Å². The largest absolute Gasteiger partial charge is 0.461 e. The van der Waals surface area contributed by atoms with Gasteiger partial charge in [-0.05, 0) is 29.4 Å². The van der Waals surface area contributed by atoms with Crippen LogP contribution < -0.4 is 0 Å². The molecule has 2 aliphatic rings. The SMILES string of the molecule is CC(C)CC(=O)O[C@@H]1OC=C(COC(=O)[C@H](OC(=O)CC(C)C)C(C)C)C2=C[C@H](OC(=O)CC(C)C)[C@](O)(CCl)[C@H]21. The number of carbonyl (C=O) groups excluding carboxylic acids is 4. The second kappa shape index (κ2) is 15.0. The molecule has 1 aliphatic carbocycles. The molecule has 1 heterocycles. The van der Waals surface area contributed by atoms with Gasteiger partial charge in [0.15, 0.2) is 6.10 Å². The first-order valence-corrected chi connectivity index (χ1v) is 14.7. The molecule has 41 heavy (non-hydrogen) atoms. The molecule has 5 atom stereocenters. The van der Waals surface area contributed by atoms with Crippen molar-refractivity contribution < 1.29 is 48.0 Å². The third-order valence-electron chi connectivity index (χ3n) is 6.60. The van der Waals surface area contributed by atoms with Crippen LogP contribution in [0.3, 0.4) is 0 Å². The molecular formula is C30H45ClO10. The van der Waals surface area contributed by atoms with E-state index in [9.17, 15) is 24.3 Å². The first kappa shape index (κ1) is 34.6. The summed E-state index contributed by atoms with van der Waals surface area (Å²) < 4.78 is 27.9. The summed E-state index contributed by atoms with van der Waals surface area (Å²) >= 11 is 6.25. The Hall–Kier alpha value is -2.59. The smallest absolute Gasteiger partial charge is 0.348 e. The van der Waals surface area contributed by atoms with Gasteiger partial charge in [0.05, 0.1) is 18.1 Å². The summed E-state index contributed by atoms with van der Waals surface area (Å²) in [6.07, 6.45) is -0.326. The minimum Gasteiger partial charge on any atom is -0.461 e. The van der Waals surface area contributed by atoms with Crippen molar-refractivity contribution in [3.63, 3.8) is 0 Å². The van der Waals surface area contributed by atoms with Crippen LogP contribution in [-0.2, 0) is 42.9 Å². The van der Waals surface area contributed by atoms with Crippen molar-refractivity contribution in [2.45, 2.75) is 98.8 Å². The van der Waals surface area contributed by atoms with Gasteiger partial charge >= 0.3 is 23.9 Å². The van der Waals surface area contributed by atoms with Crippen molar-refractivity contribution in [3.05, 3.63) is 23.5 Å². The molecule has 0 amide bonds. The van der Waals surface area contributed by atoms with E-state index in [0.29, 0.717) is 11.1 Å². The van der Waals surface area contributed by atoms with Crippen LogP contribution >= 0.6 is 11.6 Å². The molecule has 0 bridgehead atoms. The summed E-state index contributed by atoms with van der Waals surface area (Å²) in [7, 11) is 0. The van der Waals surface area contributed by atoms with Gasteiger partial charge in [-0.1, -0.05) is 55.4 Å². The van der Waals surface area contributed by atoms with E-state index in [-0.39, 0.29) is 55.4 Å². The molecular weight excluding hydrogens is 556 g/mol. The molecule has 0 saturated carbocycles. The zero-order valence-electron chi connectivity index (χ0n) is 25.3. The van der Waals surface area contributed by atoms with Crippen molar-refractivity contribution in [1.29, 1.82) is 0 Å². The van der Waals surface area contributed by atoms with Gasteiger partial charge in [-0.15, -0.1) is 11.6 Å². The molecule has 0 spiro atoms. The van der Waals surface area contributed by atoms with Crippen molar-refractivity contribution in [3.8, 4) is 0 Å². The fourth-order valence-electron chi connectivity index (χ4n) is 4.60. The maximum absolute atomic E-state index is 13.0. The summed E-state index contributed by atoms with van der Waals surface area (Å²) in [4.78, 5) is 50.2. The third kappa shape index (κ3) is 9.46. The number of hydrogen-bond donors (Lipinski definition) is 1. The van der Waals surface area contributed by atoms with Gasteiger partial charge in [0.1, 0.15) is 12.2 Å². The van der Waals surface area contributed by atoms with E-state index < -0.39 is 53.9 Å². The molecule has 0 radical (unpaired) electrons. The molecule has 2 rings (SSSR count). The Morgan fingerprint density at radius 1 is 0.902 bits per heavy atom. The lowest BCUT2D eigenvalue weighted by molar-refractivity contribution is -0.203. The van der Waals surface area contributed by atoms with Gasteiger partial charge < -0.3 is 28.8 Å². The maximum Gasteiger partial charge on any atom is 0.348 e. The number of rotatable bonds is 14. The first-order valence-electron chi connectivity index (χ1n) is 14.2. The highest BCUT2D eigenvalue weighted by Crippen LogP contribution is 2.47. The van der Waals surface area contributed by atoms with E-state index in [1.807, 2.05) is 41.5 Å². The Kier molecular flexibility index (Phi) is 12.7. The fraction of sp³-hybridized carbons (Fsp3) is 0.733. The van der Waals surface area contributed by atoms with Crippen LogP contribution in [0.25, 0.3) is 0 Å². The lowest BCUT2D eigenvalue weighted by Gasteiger charge is -2.39. The lowest BCUT2D eigenvalue weighted by Crippen LogP contribution is -2.54. The van der Waals surface area contributed by atoms with E-state index in [1.165, 1.54) is 12.3 Å². The van der Waals surface area contributed by atoms with Gasteiger partial charge in [0.2, 0.25) is 6.10 Å². The third-order valence-corrected chi connectivity index (χ3v) is 7.02. The van der Waals surface area contributed by atoms with E-state index in [4.69, 9.17) is 35.3 Å². The molecule has 10 nitrogen and oxygen atoms in total. The number of aliphatic hydroxyl groups is 1. The molecule has 0 fully saturated rings. The molecule has 232 valence electrons. The van der Waals surface area contributed by atoms with Crippen molar-refractivity contribution >= 4 is 35.5 Å². The van der Waals surface area contributed by atoms with Gasteiger partial charge in [-0.3, -0.25) is 14.4 Å². The van der Waals surface area contributed by atoms with Crippen LogP contribution in [0.4, 0.5) is 0 Å². The Balaban J connectivity index is 2.33. The topological polar surface area (TPSA) is 135 Å². The average molecular weight is 601 g/mol. The molecule has 0 aromatic rings. The van der Waals surface area contributed by atoms with Crippen molar-refractivity contribution in [1.82, 2.24) is 0 Å². The van der Waals surface area contributed by atoms with E-state index in [0.717, 1.165) is 0 Å². The summed E-state index contributed by atoms with van der Waals surface area (Å²) in [6.45, 7) is 14.4. The van der Waals surface area contributed by atoms with Crippen LogP contribution in [0.15, 0.2) is 23.5 Å². The highest BCUT2D eigenvalue weighted by molar-refractivity contribution is 6.18. The monoisotopic (exact) mass is 600 g/mol. The Morgan fingerprint density at radius 3 is 1.95 bits per heavy atom. The van der Waals surface area contributed by atoms with Crippen LogP contribution in [0, 0.1) is 29.6 Å². The Morgan fingerprint density at radius 2 is 1.44 bits per heavy atom. The number of halogens is 1. The van der Waals surface area contributed by atoms with Gasteiger partial charge in [0.25, 0.3) is 6.29 Å². The summed E-state index contributed by atoms with van der Waals surface area (Å²) in [5.74, 6) is -3.94. The summed E-state index contributed by atoms with van der Waals surface area (Å²) in [5.41, 5.74) is -1.11. The van der Waals surface area contributed by atoms with Crippen molar-refractivity contribution in [2.24, 2.45) is 29.6 Å². The quantitative estimate of drug-likeness (QED) is 0.173. The predicted octanol–water partition coefficient (Wildman–Crippen LogP) is 4.46. The molecule has 0 unspecified atom stereocenters. The minimum atomic E-state index is -1.87. The predicted molar refractivity (Wildman–Crippen MR) is 150 cm³/mol. The second-order valence-electron chi connectivity index (χ2n) is 12.3. The molecule has 1 aliphatic heterocycles. The number of hydrogen-bond acceptors (Lipinski definition) is 10. The molecule has 0 saturated heterocycles. The molecule has 0 aromatic heterocycles. The highest BCUT2D eigenvalue weighted by Gasteiger charge is 2.58. The zero-order valence-corrected chi connectivity index (χ0v) is 26.1. The number of fused-ring (bicyclic) bond motifs is 1. The van der Waals surface area contributed by atoms with E-state index in [2.05, 4.69) is 0 Å². The fourth-order valence-corrected chi connectivity index (χ4v) is 4.91. The van der Waals surface area contributed by atoms with Crippen LogP contribution in [-0.4, -0.2) is 65.6 Å². The van der Waals surface area contributed by atoms with Gasteiger partial charge in [-0.2, -0.15) is 0 Å². The molecule has 1 N–H and O–H groups in total. The minimum absolute atomic E-state index is 0.0226. The van der Waals surface area contributed by atoms with Gasteiger partial charge in [0, 0.05) is 30.8 Å². The maximum atomic E-state index is 13.0. The second-order valence-corrected chi connectivity index (χ2v) is 12.6. The lowest BCUT2D eigenvalue weighted by atomic mass is 9.82. The highest BCUT2D eigenvalue weighted by atomic mass is 35.5. The average Bonchev–Trinajstić information content (AvgIpc) is 3.13.